The Morgan fingerprint density at radius 2 is 1.71 bits per heavy atom. The first-order valence-electron chi connectivity index (χ1n) is 9.39. The maximum atomic E-state index is 9.62. The molecule has 0 aliphatic carbocycles. The van der Waals surface area contributed by atoms with Crippen molar-refractivity contribution < 1.29 is 19.3 Å². The van der Waals surface area contributed by atoms with E-state index < -0.39 is 0 Å². The number of hydrogen-bond acceptors (Lipinski definition) is 5. The van der Waals surface area contributed by atoms with Crippen LogP contribution in [0.4, 0.5) is 0 Å². The van der Waals surface area contributed by atoms with Gasteiger partial charge in [0.05, 0.1) is 44.9 Å². The van der Waals surface area contributed by atoms with Gasteiger partial charge in [-0.15, -0.1) is 0 Å². The summed E-state index contributed by atoms with van der Waals surface area (Å²) in [5, 5.41) is 14.2. The summed E-state index contributed by atoms with van der Waals surface area (Å²) in [6.45, 7) is 5.46. The lowest BCUT2D eigenvalue weighted by molar-refractivity contribution is 0.275. The topological polar surface area (TPSA) is 65.7 Å². The average Bonchev–Trinajstić information content (AvgIpc) is 3.12. The largest absolute Gasteiger partial charge is 0.497 e. The van der Waals surface area contributed by atoms with Crippen LogP contribution in [0.15, 0.2) is 48.5 Å². The number of aliphatic hydroxyl groups excluding tert-OH is 1. The Morgan fingerprint density at radius 1 is 0.964 bits per heavy atom. The number of aliphatic hydroxyl groups is 1. The molecule has 3 rings (SSSR count). The number of nitrogens with zero attached hydrogens (tertiary/aromatic N) is 2. The smallest absolute Gasteiger partial charge is 0.124 e. The predicted molar refractivity (Wildman–Crippen MR) is 108 cm³/mol. The van der Waals surface area contributed by atoms with Gasteiger partial charge in [-0.25, -0.2) is 0 Å². The van der Waals surface area contributed by atoms with Gasteiger partial charge in [-0.1, -0.05) is 18.2 Å². The summed E-state index contributed by atoms with van der Waals surface area (Å²) >= 11 is 0. The van der Waals surface area contributed by atoms with Crippen molar-refractivity contribution >= 4 is 0 Å². The lowest BCUT2D eigenvalue weighted by atomic mass is 10.1. The molecular weight excluding hydrogens is 356 g/mol. The third-order valence-corrected chi connectivity index (χ3v) is 4.31. The monoisotopic (exact) mass is 382 g/mol. The van der Waals surface area contributed by atoms with Crippen LogP contribution in [0.1, 0.15) is 25.1 Å². The minimum absolute atomic E-state index is 0.130. The van der Waals surface area contributed by atoms with Gasteiger partial charge in [0.15, 0.2) is 0 Å². The fourth-order valence-corrected chi connectivity index (χ4v) is 3.08. The van der Waals surface area contributed by atoms with E-state index in [4.69, 9.17) is 14.2 Å². The average molecular weight is 382 g/mol. The van der Waals surface area contributed by atoms with Crippen molar-refractivity contribution in [3.8, 4) is 28.5 Å². The van der Waals surface area contributed by atoms with E-state index in [0.29, 0.717) is 31.2 Å². The third kappa shape index (κ3) is 4.46. The van der Waals surface area contributed by atoms with Crippen molar-refractivity contribution in [2.45, 2.75) is 27.0 Å². The third-order valence-electron chi connectivity index (χ3n) is 4.31. The highest BCUT2D eigenvalue weighted by atomic mass is 16.5. The molecule has 0 atom stereocenters. The van der Waals surface area contributed by atoms with Gasteiger partial charge in [0.1, 0.15) is 17.2 Å². The molecule has 1 heterocycles. The second kappa shape index (κ2) is 9.28. The van der Waals surface area contributed by atoms with E-state index in [0.717, 1.165) is 28.3 Å². The van der Waals surface area contributed by atoms with Crippen LogP contribution in [-0.4, -0.2) is 35.2 Å². The Bertz CT molecular complexity index is 921. The van der Waals surface area contributed by atoms with E-state index >= 15 is 0 Å². The molecular formula is C22H26N2O4. The van der Waals surface area contributed by atoms with E-state index in [2.05, 4.69) is 5.10 Å². The van der Waals surface area contributed by atoms with E-state index in [1.54, 1.807) is 7.11 Å². The zero-order valence-corrected chi connectivity index (χ0v) is 16.5. The summed E-state index contributed by atoms with van der Waals surface area (Å²) in [4.78, 5) is 0. The van der Waals surface area contributed by atoms with Crippen LogP contribution in [0.3, 0.4) is 0 Å². The molecule has 1 aromatic heterocycles. The molecule has 2 aromatic carbocycles. The number of benzene rings is 2. The highest BCUT2D eigenvalue weighted by Crippen LogP contribution is 2.31. The SMILES string of the molecule is CCOc1cc(OC)cc(-c2cc(CO)nn2Cc2ccccc2OCC)c1. The van der Waals surface area contributed by atoms with Crippen molar-refractivity contribution in [1.29, 1.82) is 0 Å². The van der Waals surface area contributed by atoms with E-state index in [9.17, 15) is 5.11 Å². The Kier molecular flexibility index (Phi) is 6.55. The summed E-state index contributed by atoms with van der Waals surface area (Å²) in [6, 6.07) is 15.5. The van der Waals surface area contributed by atoms with Crippen molar-refractivity contribution in [3.63, 3.8) is 0 Å². The van der Waals surface area contributed by atoms with Crippen LogP contribution < -0.4 is 14.2 Å². The fraction of sp³-hybridized carbons (Fsp3) is 0.318. The van der Waals surface area contributed by atoms with Gasteiger partial charge < -0.3 is 19.3 Å². The Labute approximate surface area is 165 Å². The normalized spacial score (nSPS) is 10.7. The van der Waals surface area contributed by atoms with Gasteiger partial charge in [0.2, 0.25) is 0 Å². The highest BCUT2D eigenvalue weighted by Gasteiger charge is 2.14. The lowest BCUT2D eigenvalue weighted by Crippen LogP contribution is -2.07. The van der Waals surface area contributed by atoms with Gasteiger partial charge in [-0.05, 0) is 38.1 Å². The molecule has 0 saturated carbocycles. The Balaban J connectivity index is 2.04. The molecule has 148 valence electrons. The number of aromatic nitrogens is 2. The predicted octanol–water partition coefficient (Wildman–Crippen LogP) is 3.90. The number of hydrogen-bond donors (Lipinski definition) is 1. The molecule has 0 aliphatic heterocycles. The number of rotatable bonds is 9. The van der Waals surface area contributed by atoms with Crippen LogP contribution in [0.2, 0.25) is 0 Å². The zero-order valence-electron chi connectivity index (χ0n) is 16.5. The summed E-state index contributed by atoms with van der Waals surface area (Å²) in [5.74, 6) is 2.26. The maximum Gasteiger partial charge on any atom is 0.124 e. The van der Waals surface area contributed by atoms with Crippen LogP contribution in [0.25, 0.3) is 11.3 Å². The molecule has 3 aromatic rings. The van der Waals surface area contributed by atoms with Crippen molar-refractivity contribution in [3.05, 3.63) is 59.8 Å². The van der Waals surface area contributed by atoms with Crippen LogP contribution >= 0.6 is 0 Å². The van der Waals surface area contributed by atoms with Crippen LogP contribution in [0.5, 0.6) is 17.2 Å². The number of ether oxygens (including phenoxy) is 3. The molecule has 0 aliphatic rings. The number of methoxy groups -OCH3 is 1. The molecule has 0 radical (unpaired) electrons. The van der Waals surface area contributed by atoms with Crippen LogP contribution in [-0.2, 0) is 13.2 Å². The molecule has 6 nitrogen and oxygen atoms in total. The molecule has 1 N–H and O–H groups in total. The first-order chi connectivity index (χ1) is 13.7. The Morgan fingerprint density at radius 3 is 2.43 bits per heavy atom. The summed E-state index contributed by atoms with van der Waals surface area (Å²) < 4.78 is 18.7. The molecule has 0 saturated heterocycles. The molecule has 28 heavy (non-hydrogen) atoms. The van der Waals surface area contributed by atoms with Gasteiger partial charge in [0.25, 0.3) is 0 Å². The summed E-state index contributed by atoms with van der Waals surface area (Å²) in [5.41, 5.74) is 3.40. The van der Waals surface area contributed by atoms with Crippen molar-refractivity contribution in [1.82, 2.24) is 9.78 Å². The fourth-order valence-electron chi connectivity index (χ4n) is 3.08. The quantitative estimate of drug-likeness (QED) is 0.608. The second-order valence-electron chi connectivity index (χ2n) is 6.21. The summed E-state index contributed by atoms with van der Waals surface area (Å²) in [6.07, 6.45) is 0. The molecule has 0 unspecified atom stereocenters. The minimum atomic E-state index is -0.130. The lowest BCUT2D eigenvalue weighted by Gasteiger charge is -2.14. The first kappa shape index (κ1) is 19.8. The maximum absolute atomic E-state index is 9.62. The van der Waals surface area contributed by atoms with E-state index in [1.807, 2.05) is 67.1 Å². The second-order valence-corrected chi connectivity index (χ2v) is 6.21. The molecule has 6 heteroatoms. The van der Waals surface area contributed by atoms with Gasteiger partial charge in [-0.2, -0.15) is 5.10 Å². The van der Waals surface area contributed by atoms with Crippen molar-refractivity contribution in [2.75, 3.05) is 20.3 Å². The first-order valence-corrected chi connectivity index (χ1v) is 9.39. The standard InChI is InChI=1S/C22H26N2O4/c1-4-27-20-11-17(10-19(13-20)26-3)21-12-18(15-25)23-24(21)14-16-8-6-7-9-22(16)28-5-2/h6-13,25H,4-5,14-15H2,1-3H3. The molecule has 0 bridgehead atoms. The van der Waals surface area contributed by atoms with E-state index in [-0.39, 0.29) is 6.61 Å². The van der Waals surface area contributed by atoms with Crippen molar-refractivity contribution in [2.24, 2.45) is 0 Å². The minimum Gasteiger partial charge on any atom is -0.497 e. The number of para-hydroxylation sites is 1. The zero-order chi connectivity index (χ0) is 19.9. The van der Waals surface area contributed by atoms with Crippen LogP contribution in [0, 0.1) is 0 Å². The Hall–Kier alpha value is -2.99. The van der Waals surface area contributed by atoms with Gasteiger partial charge in [-0.3, -0.25) is 4.68 Å². The van der Waals surface area contributed by atoms with Gasteiger partial charge in [0, 0.05) is 17.2 Å². The molecule has 0 fully saturated rings. The van der Waals surface area contributed by atoms with Gasteiger partial charge >= 0.3 is 0 Å². The molecule has 0 amide bonds. The molecule has 0 spiro atoms. The summed E-state index contributed by atoms with van der Waals surface area (Å²) in [7, 11) is 1.63. The highest BCUT2D eigenvalue weighted by molar-refractivity contribution is 5.65. The van der Waals surface area contributed by atoms with E-state index in [1.165, 1.54) is 0 Å².